The van der Waals surface area contributed by atoms with E-state index in [1.807, 2.05) is 0 Å². The maximum atomic E-state index is 11.7. The summed E-state index contributed by atoms with van der Waals surface area (Å²) in [7, 11) is 0. The van der Waals surface area contributed by atoms with Crippen molar-refractivity contribution in [1.29, 1.82) is 0 Å². The van der Waals surface area contributed by atoms with Crippen LogP contribution in [-0.2, 0) is 4.79 Å². The maximum Gasteiger partial charge on any atom is 0.314 e. The Hall–Kier alpha value is -1.26. The van der Waals surface area contributed by atoms with Crippen LogP contribution in [-0.4, -0.2) is 30.2 Å². The van der Waals surface area contributed by atoms with Gasteiger partial charge in [0.15, 0.2) is 0 Å². The molecule has 5 heteroatoms. The first-order valence-corrected chi connectivity index (χ1v) is 8.33. The van der Waals surface area contributed by atoms with Gasteiger partial charge in [0, 0.05) is 19.5 Å². The summed E-state index contributed by atoms with van der Waals surface area (Å²) in [6.45, 7) is 3.73. The molecule has 5 nitrogen and oxygen atoms in total. The van der Waals surface area contributed by atoms with E-state index in [9.17, 15) is 9.59 Å². The van der Waals surface area contributed by atoms with Crippen LogP contribution in [0.25, 0.3) is 0 Å². The van der Waals surface area contributed by atoms with Crippen LogP contribution in [0.2, 0.25) is 0 Å². The monoisotopic (exact) mass is 298 g/mol. The van der Waals surface area contributed by atoms with Crippen molar-refractivity contribution in [2.24, 2.45) is 11.8 Å². The second-order valence-corrected chi connectivity index (χ2v) is 6.22. The van der Waals surface area contributed by atoms with Gasteiger partial charge in [-0.1, -0.05) is 39.0 Å². The summed E-state index contributed by atoms with van der Waals surface area (Å²) in [4.78, 5) is 22.0. The fourth-order valence-corrected chi connectivity index (χ4v) is 2.94. The predicted octanol–water partition coefficient (Wildman–Crippen LogP) is 3.15. The van der Waals surface area contributed by atoms with Crippen molar-refractivity contribution in [3.05, 3.63) is 0 Å². The van der Waals surface area contributed by atoms with E-state index < -0.39 is 5.97 Å². The van der Waals surface area contributed by atoms with Crippen LogP contribution in [0.5, 0.6) is 0 Å². The molecule has 0 bridgehead atoms. The van der Waals surface area contributed by atoms with Crippen molar-refractivity contribution in [3.63, 3.8) is 0 Å². The van der Waals surface area contributed by atoms with E-state index in [1.54, 1.807) is 0 Å². The Kier molecular flexibility index (Phi) is 8.87. The number of hydrogen-bond acceptors (Lipinski definition) is 2. The Morgan fingerprint density at radius 2 is 1.76 bits per heavy atom. The lowest BCUT2D eigenvalue weighted by atomic mass is 9.80. The number of amides is 2. The number of carbonyl (C=O) groups excluding carboxylic acids is 1. The molecule has 122 valence electrons. The standard InChI is InChI=1S/C16H30N2O3/c1-13-8-5-6-9-14(13)12-18-16(21)17-11-7-3-2-4-10-15(19)20/h13-14H,2-12H2,1H3,(H,19,20)(H2,17,18,21). The Labute approximate surface area is 127 Å². The van der Waals surface area contributed by atoms with Crippen LogP contribution >= 0.6 is 0 Å². The van der Waals surface area contributed by atoms with Crippen molar-refractivity contribution < 1.29 is 14.7 Å². The number of nitrogens with one attached hydrogen (secondary N) is 2. The van der Waals surface area contributed by atoms with E-state index in [0.717, 1.165) is 32.2 Å². The zero-order chi connectivity index (χ0) is 15.5. The first-order valence-electron chi connectivity index (χ1n) is 8.33. The lowest BCUT2D eigenvalue weighted by molar-refractivity contribution is -0.137. The zero-order valence-electron chi connectivity index (χ0n) is 13.2. The van der Waals surface area contributed by atoms with E-state index in [1.165, 1.54) is 25.7 Å². The molecule has 2 amide bonds. The summed E-state index contributed by atoms with van der Waals surface area (Å²) in [6, 6.07) is -0.0710. The highest BCUT2D eigenvalue weighted by Crippen LogP contribution is 2.28. The molecule has 0 saturated heterocycles. The van der Waals surface area contributed by atoms with Gasteiger partial charge in [0.1, 0.15) is 0 Å². The van der Waals surface area contributed by atoms with Gasteiger partial charge in [-0.2, -0.15) is 0 Å². The first-order chi connectivity index (χ1) is 10.1. The van der Waals surface area contributed by atoms with Gasteiger partial charge in [0.2, 0.25) is 0 Å². The van der Waals surface area contributed by atoms with Gasteiger partial charge >= 0.3 is 12.0 Å². The molecule has 0 heterocycles. The molecule has 0 aliphatic heterocycles. The molecule has 1 aliphatic rings. The van der Waals surface area contributed by atoms with Crippen molar-refractivity contribution in [2.45, 2.75) is 64.7 Å². The molecule has 1 saturated carbocycles. The van der Waals surface area contributed by atoms with Gasteiger partial charge < -0.3 is 15.7 Å². The molecule has 1 rings (SSSR count). The minimum absolute atomic E-state index is 0.0710. The lowest BCUT2D eigenvalue weighted by Crippen LogP contribution is -2.40. The second kappa shape index (κ2) is 10.5. The van der Waals surface area contributed by atoms with E-state index in [0.29, 0.717) is 18.4 Å². The highest BCUT2D eigenvalue weighted by atomic mass is 16.4. The normalized spacial score (nSPS) is 21.8. The maximum absolute atomic E-state index is 11.7. The van der Waals surface area contributed by atoms with Gasteiger partial charge in [-0.05, 0) is 31.1 Å². The van der Waals surface area contributed by atoms with Gasteiger partial charge in [-0.3, -0.25) is 4.79 Å². The molecular formula is C16H30N2O3. The molecule has 1 fully saturated rings. The van der Waals surface area contributed by atoms with E-state index >= 15 is 0 Å². The fourth-order valence-electron chi connectivity index (χ4n) is 2.94. The molecule has 2 atom stereocenters. The minimum atomic E-state index is -0.732. The van der Waals surface area contributed by atoms with Crippen LogP contribution in [0, 0.1) is 11.8 Å². The number of aliphatic carboxylic acids is 1. The SMILES string of the molecule is CC1CCCCC1CNC(=O)NCCCCCCC(=O)O. The molecule has 0 spiro atoms. The van der Waals surface area contributed by atoms with E-state index in [2.05, 4.69) is 17.6 Å². The van der Waals surface area contributed by atoms with Crippen molar-refractivity contribution >= 4 is 12.0 Å². The largest absolute Gasteiger partial charge is 0.481 e. The number of carboxylic acids is 1. The number of carbonyl (C=O) groups is 2. The van der Waals surface area contributed by atoms with Crippen LogP contribution in [0.3, 0.4) is 0 Å². The zero-order valence-corrected chi connectivity index (χ0v) is 13.2. The molecule has 21 heavy (non-hydrogen) atoms. The van der Waals surface area contributed by atoms with E-state index in [-0.39, 0.29) is 12.5 Å². The van der Waals surface area contributed by atoms with Crippen molar-refractivity contribution in [1.82, 2.24) is 10.6 Å². The van der Waals surface area contributed by atoms with Crippen LogP contribution in [0.4, 0.5) is 4.79 Å². The lowest BCUT2D eigenvalue weighted by Gasteiger charge is -2.28. The van der Waals surface area contributed by atoms with Crippen LogP contribution in [0.15, 0.2) is 0 Å². The van der Waals surface area contributed by atoms with Crippen LogP contribution < -0.4 is 10.6 Å². The fraction of sp³-hybridized carbons (Fsp3) is 0.875. The topological polar surface area (TPSA) is 78.4 Å². The number of carboxylic acid groups (broad SMARTS) is 1. The summed E-state index contributed by atoms with van der Waals surface area (Å²) in [5.41, 5.74) is 0. The minimum Gasteiger partial charge on any atom is -0.481 e. The molecule has 1 aliphatic carbocycles. The Balaban J connectivity index is 1.95. The molecular weight excluding hydrogens is 268 g/mol. The van der Waals surface area contributed by atoms with Crippen LogP contribution in [0.1, 0.15) is 64.7 Å². The average Bonchev–Trinajstić information content (AvgIpc) is 2.45. The highest BCUT2D eigenvalue weighted by Gasteiger charge is 2.21. The molecule has 0 aromatic rings. The Bertz CT molecular complexity index is 321. The molecule has 0 aromatic carbocycles. The number of hydrogen-bond donors (Lipinski definition) is 3. The third-order valence-electron chi connectivity index (χ3n) is 4.42. The third kappa shape index (κ3) is 8.58. The number of urea groups is 1. The molecule has 0 aromatic heterocycles. The number of unbranched alkanes of at least 4 members (excludes halogenated alkanes) is 3. The van der Waals surface area contributed by atoms with Gasteiger partial charge in [0.25, 0.3) is 0 Å². The molecule has 2 unspecified atom stereocenters. The summed E-state index contributed by atoms with van der Waals surface area (Å²) in [5.74, 6) is 0.609. The van der Waals surface area contributed by atoms with Gasteiger partial charge in [0.05, 0.1) is 0 Å². The molecule has 0 radical (unpaired) electrons. The molecule has 3 N–H and O–H groups in total. The van der Waals surface area contributed by atoms with Gasteiger partial charge in [-0.15, -0.1) is 0 Å². The van der Waals surface area contributed by atoms with Gasteiger partial charge in [-0.25, -0.2) is 4.79 Å². The second-order valence-electron chi connectivity index (χ2n) is 6.22. The average molecular weight is 298 g/mol. The smallest absolute Gasteiger partial charge is 0.314 e. The van der Waals surface area contributed by atoms with E-state index in [4.69, 9.17) is 5.11 Å². The Morgan fingerprint density at radius 3 is 2.48 bits per heavy atom. The highest BCUT2D eigenvalue weighted by molar-refractivity contribution is 5.73. The third-order valence-corrected chi connectivity index (χ3v) is 4.42. The summed E-state index contributed by atoms with van der Waals surface area (Å²) in [6.07, 6.45) is 8.87. The summed E-state index contributed by atoms with van der Waals surface area (Å²) < 4.78 is 0. The number of rotatable bonds is 9. The quantitative estimate of drug-likeness (QED) is 0.572. The van der Waals surface area contributed by atoms with Crippen molar-refractivity contribution in [3.8, 4) is 0 Å². The van der Waals surface area contributed by atoms with Crippen molar-refractivity contribution in [2.75, 3.05) is 13.1 Å². The first kappa shape index (κ1) is 17.8. The Morgan fingerprint density at radius 1 is 1.05 bits per heavy atom. The summed E-state index contributed by atoms with van der Waals surface area (Å²) >= 11 is 0. The summed E-state index contributed by atoms with van der Waals surface area (Å²) in [5, 5.41) is 14.4. The predicted molar refractivity (Wildman–Crippen MR) is 83.2 cm³/mol.